The molecular formula is C35H44F2N6O4. The summed E-state index contributed by atoms with van der Waals surface area (Å²) in [5.74, 6) is -0.163. The molecule has 1 amide bonds. The average Bonchev–Trinajstić information content (AvgIpc) is 3.61. The number of hydrogen-bond acceptors (Lipinski definition) is 9. The smallest absolute Gasteiger partial charge is 0.410 e. The van der Waals surface area contributed by atoms with Gasteiger partial charge in [0, 0.05) is 37.8 Å². The first-order valence-corrected chi connectivity index (χ1v) is 16.7. The lowest BCUT2D eigenvalue weighted by molar-refractivity contribution is 0.0122. The van der Waals surface area contributed by atoms with Crippen molar-refractivity contribution < 1.29 is 28.2 Å². The van der Waals surface area contributed by atoms with Gasteiger partial charge in [0.2, 0.25) is 0 Å². The molecule has 10 nitrogen and oxygen atoms in total. The molecule has 3 aromatic rings. The van der Waals surface area contributed by atoms with E-state index in [1.165, 1.54) is 0 Å². The number of fused-ring (bicyclic) bond motifs is 4. The van der Waals surface area contributed by atoms with Gasteiger partial charge in [0.25, 0.3) is 0 Å². The summed E-state index contributed by atoms with van der Waals surface area (Å²) in [7, 11) is 0. The fourth-order valence-electron chi connectivity index (χ4n) is 8.07. The van der Waals surface area contributed by atoms with Crippen LogP contribution in [0.2, 0.25) is 0 Å². The van der Waals surface area contributed by atoms with Crippen LogP contribution < -0.4 is 9.64 Å². The molecule has 4 atom stereocenters. The van der Waals surface area contributed by atoms with Gasteiger partial charge in [-0.25, -0.2) is 13.6 Å². The predicted octanol–water partition coefficient (Wildman–Crippen LogP) is 5.60. The molecule has 6 heterocycles. The summed E-state index contributed by atoms with van der Waals surface area (Å²) in [6.45, 7) is 11.3. The number of benzene rings is 1. The van der Waals surface area contributed by atoms with Gasteiger partial charge in [0.05, 0.1) is 28.6 Å². The molecule has 4 fully saturated rings. The van der Waals surface area contributed by atoms with Crippen molar-refractivity contribution in [1.29, 1.82) is 0 Å². The Morgan fingerprint density at radius 1 is 1.09 bits per heavy atom. The molecule has 12 heteroatoms. The molecule has 4 aliphatic rings. The Morgan fingerprint density at radius 2 is 1.81 bits per heavy atom. The van der Waals surface area contributed by atoms with Gasteiger partial charge < -0.3 is 19.5 Å². The number of halogens is 2. The molecule has 4 saturated heterocycles. The molecule has 2 bridgehead atoms. The van der Waals surface area contributed by atoms with Crippen LogP contribution in [0.15, 0.2) is 30.5 Å². The number of ether oxygens (including phenoxy) is 2. The standard InChI is InChI=1S/C35H44F2N6O4/c1-33(2,3)47-32(44)43-22-11-12-23(43)19-41(18-22)30-25-16-38-28(24-9-6-7-10-26(24)34(4,5)45)27(37)29(25)39-31(40-30)46-20-35-13-8-14-42(35)17-21(36)15-35/h6-7,9-10,16,21-23,45H,8,11-15,17-20H2,1-5H3/t21?,22-,23+,35?. The number of pyridine rings is 1. The highest BCUT2D eigenvalue weighted by molar-refractivity contribution is 5.92. The minimum absolute atomic E-state index is 0.0183. The van der Waals surface area contributed by atoms with E-state index in [0.29, 0.717) is 48.4 Å². The van der Waals surface area contributed by atoms with E-state index < -0.39 is 28.7 Å². The highest BCUT2D eigenvalue weighted by Crippen LogP contribution is 2.42. The predicted molar refractivity (Wildman–Crippen MR) is 174 cm³/mol. The second-order valence-electron chi connectivity index (χ2n) is 15.2. The first-order chi connectivity index (χ1) is 22.2. The van der Waals surface area contributed by atoms with Crippen LogP contribution in [0, 0.1) is 5.82 Å². The number of hydrogen-bond donors (Lipinski definition) is 1. The SMILES string of the molecule is CC(C)(C)OC(=O)N1[C@@H]2CC[C@H]1CN(c1nc(OCC34CCCN3CC(F)C4)nc3c(F)c(-c4ccccc4C(C)(C)O)ncc13)C2. The van der Waals surface area contributed by atoms with Crippen molar-refractivity contribution in [3.05, 3.63) is 41.8 Å². The van der Waals surface area contributed by atoms with Crippen LogP contribution in [0.3, 0.4) is 0 Å². The molecule has 1 N–H and O–H groups in total. The first kappa shape index (κ1) is 31.9. The molecule has 1 aromatic carbocycles. The van der Waals surface area contributed by atoms with E-state index in [9.17, 15) is 14.3 Å². The lowest BCUT2D eigenvalue weighted by Crippen LogP contribution is -2.57. The monoisotopic (exact) mass is 650 g/mol. The van der Waals surface area contributed by atoms with E-state index in [1.54, 1.807) is 44.3 Å². The molecule has 47 heavy (non-hydrogen) atoms. The highest BCUT2D eigenvalue weighted by atomic mass is 19.1. The number of alkyl halides is 1. The van der Waals surface area contributed by atoms with E-state index in [4.69, 9.17) is 14.5 Å². The van der Waals surface area contributed by atoms with Crippen LogP contribution in [0.4, 0.5) is 19.4 Å². The molecule has 2 unspecified atom stereocenters. The fraction of sp³-hybridized carbons (Fsp3) is 0.600. The zero-order chi connectivity index (χ0) is 33.3. The minimum atomic E-state index is -1.24. The molecule has 252 valence electrons. The molecular weight excluding hydrogens is 606 g/mol. The normalized spacial score (nSPS) is 26.3. The highest BCUT2D eigenvalue weighted by Gasteiger charge is 2.50. The van der Waals surface area contributed by atoms with Crippen molar-refractivity contribution in [3.63, 3.8) is 0 Å². The van der Waals surface area contributed by atoms with Crippen LogP contribution in [-0.4, -0.2) is 98.1 Å². The first-order valence-electron chi connectivity index (χ1n) is 16.7. The summed E-state index contributed by atoms with van der Waals surface area (Å²) in [5.41, 5.74) is -1.15. The number of amides is 1. The number of nitrogens with zero attached hydrogens (tertiary/aromatic N) is 6. The van der Waals surface area contributed by atoms with Crippen molar-refractivity contribution >= 4 is 22.8 Å². The topological polar surface area (TPSA) is 104 Å². The fourth-order valence-corrected chi connectivity index (χ4v) is 8.07. The van der Waals surface area contributed by atoms with Gasteiger partial charge in [-0.3, -0.25) is 14.8 Å². The maximum atomic E-state index is 16.7. The van der Waals surface area contributed by atoms with Crippen LogP contribution in [-0.2, 0) is 10.3 Å². The van der Waals surface area contributed by atoms with Gasteiger partial charge in [0.15, 0.2) is 5.82 Å². The van der Waals surface area contributed by atoms with Gasteiger partial charge in [-0.15, -0.1) is 0 Å². The summed E-state index contributed by atoms with van der Waals surface area (Å²) in [4.78, 5) is 33.2. The Hall–Kier alpha value is -3.64. The summed E-state index contributed by atoms with van der Waals surface area (Å²) in [5, 5.41) is 11.3. The van der Waals surface area contributed by atoms with Gasteiger partial charge in [-0.1, -0.05) is 24.3 Å². The van der Waals surface area contributed by atoms with Crippen LogP contribution >= 0.6 is 0 Å². The van der Waals surface area contributed by atoms with Crippen LogP contribution in [0.1, 0.15) is 72.3 Å². The maximum absolute atomic E-state index is 16.7. The van der Waals surface area contributed by atoms with Gasteiger partial charge in [-0.05, 0) is 72.4 Å². The second kappa shape index (κ2) is 11.5. The van der Waals surface area contributed by atoms with E-state index in [1.807, 2.05) is 25.7 Å². The number of carbonyl (C=O) groups is 1. The van der Waals surface area contributed by atoms with Gasteiger partial charge >= 0.3 is 12.1 Å². The molecule has 4 aliphatic heterocycles. The Kier molecular flexibility index (Phi) is 7.82. The summed E-state index contributed by atoms with van der Waals surface area (Å²) in [6, 6.07) is 6.89. The maximum Gasteiger partial charge on any atom is 0.410 e. The number of aliphatic hydroxyl groups is 1. The summed E-state index contributed by atoms with van der Waals surface area (Å²) < 4.78 is 43.2. The molecule has 7 rings (SSSR count). The van der Waals surface area contributed by atoms with Crippen molar-refractivity contribution in [2.75, 3.05) is 37.7 Å². The van der Waals surface area contributed by atoms with Crippen LogP contribution in [0.5, 0.6) is 6.01 Å². The zero-order valence-electron chi connectivity index (χ0n) is 27.8. The van der Waals surface area contributed by atoms with E-state index in [2.05, 4.69) is 19.8 Å². The van der Waals surface area contributed by atoms with Gasteiger partial charge in [0.1, 0.15) is 35.4 Å². The Bertz CT molecular complexity index is 1680. The minimum Gasteiger partial charge on any atom is -0.461 e. The number of rotatable bonds is 6. The molecule has 0 radical (unpaired) electrons. The quantitative estimate of drug-likeness (QED) is 0.365. The molecule has 0 aliphatic carbocycles. The largest absolute Gasteiger partial charge is 0.461 e. The number of aromatic nitrogens is 3. The van der Waals surface area contributed by atoms with E-state index in [0.717, 1.165) is 32.2 Å². The average molecular weight is 651 g/mol. The third-order valence-electron chi connectivity index (χ3n) is 10.1. The lowest BCUT2D eigenvalue weighted by Gasteiger charge is -2.42. The third-order valence-corrected chi connectivity index (χ3v) is 10.1. The lowest BCUT2D eigenvalue weighted by atomic mass is 9.91. The van der Waals surface area contributed by atoms with Crippen molar-refractivity contribution in [2.24, 2.45) is 0 Å². The number of carbonyl (C=O) groups excluding carboxylic acids is 1. The van der Waals surface area contributed by atoms with E-state index >= 15 is 4.39 Å². The van der Waals surface area contributed by atoms with Crippen molar-refractivity contribution in [2.45, 2.75) is 102 Å². The van der Waals surface area contributed by atoms with E-state index in [-0.39, 0.29) is 42.0 Å². The summed E-state index contributed by atoms with van der Waals surface area (Å²) in [6.07, 6.45) is 4.16. The summed E-state index contributed by atoms with van der Waals surface area (Å²) >= 11 is 0. The molecule has 2 aromatic heterocycles. The Labute approximate surface area is 274 Å². The second-order valence-corrected chi connectivity index (χ2v) is 15.2. The number of piperazine rings is 1. The van der Waals surface area contributed by atoms with Crippen LogP contribution in [0.25, 0.3) is 22.2 Å². The Balaban J connectivity index is 1.28. The number of anilines is 1. The molecule has 0 saturated carbocycles. The van der Waals surface area contributed by atoms with Crippen molar-refractivity contribution in [3.8, 4) is 17.3 Å². The van der Waals surface area contributed by atoms with Crippen molar-refractivity contribution in [1.82, 2.24) is 24.8 Å². The zero-order valence-corrected chi connectivity index (χ0v) is 27.8. The molecule has 0 spiro atoms. The Morgan fingerprint density at radius 3 is 2.51 bits per heavy atom. The van der Waals surface area contributed by atoms with Gasteiger partial charge in [-0.2, -0.15) is 9.97 Å². The third kappa shape index (κ3) is 5.88.